The van der Waals surface area contributed by atoms with Crippen LogP contribution in [0.25, 0.3) is 0 Å². The van der Waals surface area contributed by atoms with Gasteiger partial charge in [0.15, 0.2) is 0 Å². The van der Waals surface area contributed by atoms with E-state index in [9.17, 15) is 4.79 Å². The molecule has 0 spiro atoms. The molecule has 21 heavy (non-hydrogen) atoms. The zero-order valence-electron chi connectivity index (χ0n) is 12.3. The summed E-state index contributed by atoms with van der Waals surface area (Å²) in [5.74, 6) is 0.119. The summed E-state index contributed by atoms with van der Waals surface area (Å²) in [7, 11) is 1.63. The second-order valence-electron chi connectivity index (χ2n) is 4.61. The van der Waals surface area contributed by atoms with Crippen LogP contribution in [0.1, 0.15) is 24.1 Å². The lowest BCUT2D eigenvalue weighted by Crippen LogP contribution is -2.19. The number of hydrogen-bond acceptors (Lipinski definition) is 4. The first kappa shape index (κ1) is 15.0. The number of methoxy groups -OCH3 is 1. The van der Waals surface area contributed by atoms with Crippen LogP contribution in [-0.2, 0) is 16.0 Å². The van der Waals surface area contributed by atoms with Crippen LogP contribution in [-0.4, -0.2) is 24.7 Å². The van der Waals surface area contributed by atoms with Gasteiger partial charge in [0.05, 0.1) is 19.4 Å². The predicted octanol–water partition coefficient (Wildman–Crippen LogP) is 2.98. The van der Waals surface area contributed by atoms with E-state index in [-0.39, 0.29) is 5.97 Å². The van der Waals surface area contributed by atoms with Crippen LogP contribution >= 0.6 is 0 Å². The summed E-state index contributed by atoms with van der Waals surface area (Å²) in [5, 5.41) is 0. The molecule has 0 bridgehead atoms. The Hall–Kier alpha value is -2.36. The molecule has 0 saturated heterocycles. The summed E-state index contributed by atoms with van der Waals surface area (Å²) in [6.07, 6.45) is 2.22. The molecule has 0 N–H and O–H groups in total. The summed E-state index contributed by atoms with van der Waals surface area (Å²) in [6, 6.07) is 13.2. The first-order valence-electron chi connectivity index (χ1n) is 6.95. The van der Waals surface area contributed by atoms with Crippen LogP contribution in [0.5, 0.6) is 5.75 Å². The van der Waals surface area contributed by atoms with Crippen molar-refractivity contribution < 1.29 is 14.3 Å². The van der Waals surface area contributed by atoms with Gasteiger partial charge in [-0.2, -0.15) is 0 Å². The summed E-state index contributed by atoms with van der Waals surface area (Å²) in [5.41, 5.74) is 1.73. The Balaban J connectivity index is 2.25. The van der Waals surface area contributed by atoms with Gasteiger partial charge < -0.3 is 9.47 Å². The lowest BCUT2D eigenvalue weighted by atomic mass is 9.95. The van der Waals surface area contributed by atoms with Gasteiger partial charge in [-0.25, -0.2) is 0 Å². The number of pyridine rings is 1. The minimum absolute atomic E-state index is 0.251. The fourth-order valence-corrected chi connectivity index (χ4v) is 2.17. The van der Waals surface area contributed by atoms with E-state index in [4.69, 9.17) is 9.47 Å². The average molecular weight is 285 g/mol. The minimum Gasteiger partial charge on any atom is -0.497 e. The molecule has 2 aromatic rings. The molecule has 2 rings (SSSR count). The second-order valence-corrected chi connectivity index (χ2v) is 4.61. The summed E-state index contributed by atoms with van der Waals surface area (Å²) in [4.78, 5) is 16.5. The van der Waals surface area contributed by atoms with Crippen molar-refractivity contribution in [1.82, 2.24) is 4.98 Å². The van der Waals surface area contributed by atoms with E-state index in [1.165, 1.54) is 0 Å². The van der Waals surface area contributed by atoms with Gasteiger partial charge in [0.1, 0.15) is 11.7 Å². The van der Waals surface area contributed by atoms with Crippen molar-refractivity contribution in [2.75, 3.05) is 13.7 Å². The molecule has 110 valence electrons. The molecule has 0 aliphatic heterocycles. The van der Waals surface area contributed by atoms with E-state index in [2.05, 4.69) is 4.98 Å². The fourth-order valence-electron chi connectivity index (χ4n) is 2.17. The van der Waals surface area contributed by atoms with E-state index >= 15 is 0 Å². The maximum atomic E-state index is 12.2. The molecule has 0 saturated carbocycles. The number of esters is 1. The van der Waals surface area contributed by atoms with Crippen molar-refractivity contribution in [3.8, 4) is 5.75 Å². The number of carbonyl (C=O) groups is 1. The van der Waals surface area contributed by atoms with Gasteiger partial charge in [0, 0.05) is 6.20 Å². The molecule has 0 amide bonds. The highest BCUT2D eigenvalue weighted by molar-refractivity contribution is 5.78. The van der Waals surface area contributed by atoms with Crippen LogP contribution in [0.4, 0.5) is 0 Å². The second kappa shape index (κ2) is 7.43. The zero-order chi connectivity index (χ0) is 15.1. The highest BCUT2D eigenvalue weighted by atomic mass is 16.5. The van der Waals surface area contributed by atoms with Gasteiger partial charge in [0.25, 0.3) is 0 Å². The Morgan fingerprint density at radius 2 is 2.10 bits per heavy atom. The van der Waals surface area contributed by atoms with Gasteiger partial charge in [-0.05, 0) is 43.2 Å². The molecule has 1 heterocycles. The Bertz CT molecular complexity index is 584. The predicted molar refractivity (Wildman–Crippen MR) is 80.3 cm³/mol. The summed E-state index contributed by atoms with van der Waals surface area (Å²) in [6.45, 7) is 2.17. The SMILES string of the molecule is CCOC(=O)C(Cc1cccc(OC)c1)c1ccccn1. The number of nitrogens with zero attached hydrogens (tertiary/aromatic N) is 1. The summed E-state index contributed by atoms with van der Waals surface area (Å²) < 4.78 is 10.4. The van der Waals surface area contributed by atoms with E-state index in [0.717, 1.165) is 17.0 Å². The fraction of sp³-hybridized carbons (Fsp3) is 0.294. The molecule has 0 radical (unpaired) electrons. The maximum absolute atomic E-state index is 12.2. The van der Waals surface area contributed by atoms with Crippen LogP contribution in [0, 0.1) is 0 Å². The van der Waals surface area contributed by atoms with Crippen molar-refractivity contribution in [3.05, 3.63) is 59.9 Å². The maximum Gasteiger partial charge on any atom is 0.315 e. The molecule has 1 atom stereocenters. The smallest absolute Gasteiger partial charge is 0.315 e. The molecule has 4 heteroatoms. The van der Waals surface area contributed by atoms with Gasteiger partial charge >= 0.3 is 5.97 Å². The van der Waals surface area contributed by atoms with E-state index in [0.29, 0.717) is 13.0 Å². The first-order valence-corrected chi connectivity index (χ1v) is 6.95. The molecule has 1 unspecified atom stereocenters. The quantitative estimate of drug-likeness (QED) is 0.766. The van der Waals surface area contributed by atoms with Gasteiger partial charge in [-0.1, -0.05) is 18.2 Å². The van der Waals surface area contributed by atoms with Gasteiger partial charge in [0.2, 0.25) is 0 Å². The average Bonchev–Trinajstić information content (AvgIpc) is 2.54. The normalized spacial score (nSPS) is 11.7. The molecule has 0 fully saturated rings. The summed E-state index contributed by atoms with van der Waals surface area (Å²) >= 11 is 0. The van der Waals surface area contributed by atoms with Crippen molar-refractivity contribution in [2.24, 2.45) is 0 Å². The first-order chi connectivity index (χ1) is 10.2. The van der Waals surface area contributed by atoms with E-state index in [1.54, 1.807) is 20.2 Å². The standard InChI is InChI=1S/C17H19NO3/c1-3-21-17(19)15(16-9-4-5-10-18-16)12-13-7-6-8-14(11-13)20-2/h4-11,15H,3,12H2,1-2H3. The van der Waals surface area contributed by atoms with Crippen molar-refractivity contribution in [3.63, 3.8) is 0 Å². The third-order valence-electron chi connectivity index (χ3n) is 3.19. The lowest BCUT2D eigenvalue weighted by Gasteiger charge is -2.15. The zero-order valence-corrected chi connectivity index (χ0v) is 12.3. The number of rotatable bonds is 6. The molecule has 1 aromatic heterocycles. The third kappa shape index (κ3) is 4.05. The number of aromatic nitrogens is 1. The number of ether oxygens (including phenoxy) is 2. The molecular weight excluding hydrogens is 266 g/mol. The van der Waals surface area contributed by atoms with Gasteiger partial charge in [-0.15, -0.1) is 0 Å². The Kier molecular flexibility index (Phi) is 5.32. The van der Waals surface area contributed by atoms with Crippen LogP contribution in [0.3, 0.4) is 0 Å². The topological polar surface area (TPSA) is 48.4 Å². The van der Waals surface area contributed by atoms with Gasteiger partial charge in [-0.3, -0.25) is 9.78 Å². The Morgan fingerprint density at radius 3 is 2.76 bits per heavy atom. The van der Waals surface area contributed by atoms with Crippen molar-refractivity contribution >= 4 is 5.97 Å². The van der Waals surface area contributed by atoms with E-state index in [1.807, 2.05) is 42.5 Å². The molecule has 0 aliphatic rings. The highest BCUT2D eigenvalue weighted by Crippen LogP contribution is 2.23. The third-order valence-corrected chi connectivity index (χ3v) is 3.19. The largest absolute Gasteiger partial charge is 0.497 e. The number of carbonyl (C=O) groups excluding carboxylic acids is 1. The Labute approximate surface area is 124 Å². The van der Waals surface area contributed by atoms with Crippen LogP contribution < -0.4 is 4.74 Å². The minimum atomic E-state index is -0.404. The Morgan fingerprint density at radius 1 is 1.24 bits per heavy atom. The highest BCUT2D eigenvalue weighted by Gasteiger charge is 2.23. The van der Waals surface area contributed by atoms with Crippen LogP contribution in [0.2, 0.25) is 0 Å². The monoisotopic (exact) mass is 285 g/mol. The van der Waals surface area contributed by atoms with Crippen molar-refractivity contribution in [1.29, 1.82) is 0 Å². The number of benzene rings is 1. The number of hydrogen-bond donors (Lipinski definition) is 0. The van der Waals surface area contributed by atoms with Crippen LogP contribution in [0.15, 0.2) is 48.7 Å². The van der Waals surface area contributed by atoms with Crippen molar-refractivity contribution in [2.45, 2.75) is 19.3 Å². The molecule has 4 nitrogen and oxygen atoms in total. The van der Waals surface area contributed by atoms with E-state index < -0.39 is 5.92 Å². The molecule has 0 aliphatic carbocycles. The molecule has 1 aromatic carbocycles. The lowest BCUT2D eigenvalue weighted by molar-refractivity contribution is -0.145. The molecular formula is C17H19NO3.